The van der Waals surface area contributed by atoms with Crippen LogP contribution in [-0.2, 0) is 20.1 Å². The molecular formula is C15H19N3O. The first kappa shape index (κ1) is 12.2. The van der Waals surface area contributed by atoms with Crippen LogP contribution in [0.15, 0.2) is 30.6 Å². The number of aromatic nitrogens is 2. The molecule has 0 saturated heterocycles. The number of nitrogens with zero attached hydrogens (tertiary/aromatic N) is 2. The van der Waals surface area contributed by atoms with Crippen LogP contribution < -0.4 is 10.5 Å². The highest BCUT2D eigenvalue weighted by molar-refractivity contribution is 5.39. The van der Waals surface area contributed by atoms with E-state index in [1.807, 2.05) is 23.9 Å². The van der Waals surface area contributed by atoms with Crippen molar-refractivity contribution in [3.8, 4) is 5.75 Å². The Bertz CT molecular complexity index is 577. The Morgan fingerprint density at radius 3 is 3.16 bits per heavy atom. The Labute approximate surface area is 113 Å². The largest absolute Gasteiger partial charge is 0.486 e. The average molecular weight is 257 g/mol. The molecule has 1 aliphatic rings. The van der Waals surface area contributed by atoms with Crippen molar-refractivity contribution >= 4 is 0 Å². The first-order chi connectivity index (χ1) is 9.24. The van der Waals surface area contributed by atoms with Crippen molar-refractivity contribution in [2.75, 3.05) is 0 Å². The van der Waals surface area contributed by atoms with Crippen molar-refractivity contribution in [3.05, 3.63) is 47.5 Å². The fraction of sp³-hybridized carbons (Fsp3) is 0.400. The van der Waals surface area contributed by atoms with Gasteiger partial charge in [-0.05, 0) is 42.5 Å². The van der Waals surface area contributed by atoms with Crippen LogP contribution in [-0.4, -0.2) is 9.55 Å². The van der Waals surface area contributed by atoms with Crippen LogP contribution in [0.5, 0.6) is 5.75 Å². The molecule has 100 valence electrons. The molecule has 0 aliphatic heterocycles. The number of hydrogen-bond acceptors (Lipinski definition) is 3. The Kier molecular flexibility index (Phi) is 3.25. The Hall–Kier alpha value is -1.81. The molecule has 4 nitrogen and oxygen atoms in total. The third-order valence-electron chi connectivity index (χ3n) is 3.77. The van der Waals surface area contributed by atoms with Gasteiger partial charge in [-0.15, -0.1) is 0 Å². The molecule has 1 aromatic carbocycles. The van der Waals surface area contributed by atoms with Crippen molar-refractivity contribution in [1.82, 2.24) is 9.55 Å². The van der Waals surface area contributed by atoms with E-state index in [-0.39, 0.29) is 6.04 Å². The molecular weight excluding hydrogens is 238 g/mol. The number of benzene rings is 1. The maximum absolute atomic E-state index is 6.16. The van der Waals surface area contributed by atoms with Crippen molar-refractivity contribution in [2.45, 2.75) is 31.9 Å². The van der Waals surface area contributed by atoms with Gasteiger partial charge in [-0.2, -0.15) is 0 Å². The Morgan fingerprint density at radius 1 is 1.47 bits per heavy atom. The van der Waals surface area contributed by atoms with E-state index in [0.717, 1.165) is 24.4 Å². The normalized spacial score (nSPS) is 18.1. The topological polar surface area (TPSA) is 53.1 Å². The standard InChI is InChI=1S/C15H19N3O/c1-18-8-7-17-15(18)10-19-12-6-5-11-3-2-4-14(16)13(11)9-12/h5-9,14H,2-4,10,16H2,1H3. The van der Waals surface area contributed by atoms with Crippen molar-refractivity contribution in [2.24, 2.45) is 12.8 Å². The maximum Gasteiger partial charge on any atom is 0.146 e. The molecule has 1 heterocycles. The quantitative estimate of drug-likeness (QED) is 0.918. The molecule has 4 heteroatoms. The second-order valence-corrected chi connectivity index (χ2v) is 5.10. The summed E-state index contributed by atoms with van der Waals surface area (Å²) in [6.07, 6.45) is 7.07. The predicted molar refractivity (Wildman–Crippen MR) is 73.8 cm³/mol. The SMILES string of the molecule is Cn1ccnc1COc1ccc2c(c1)C(N)CCC2. The lowest BCUT2D eigenvalue weighted by molar-refractivity contribution is 0.291. The van der Waals surface area contributed by atoms with E-state index >= 15 is 0 Å². The number of nitrogens with two attached hydrogens (primary N) is 1. The average Bonchev–Trinajstić information content (AvgIpc) is 2.83. The van der Waals surface area contributed by atoms with Gasteiger partial charge in [0, 0.05) is 25.5 Å². The summed E-state index contributed by atoms with van der Waals surface area (Å²) in [6.45, 7) is 0.484. The number of aryl methyl sites for hydroxylation is 2. The van der Waals surface area contributed by atoms with Crippen molar-refractivity contribution < 1.29 is 4.74 Å². The molecule has 0 amide bonds. The molecule has 2 N–H and O–H groups in total. The van der Waals surface area contributed by atoms with E-state index in [9.17, 15) is 0 Å². The van der Waals surface area contributed by atoms with Gasteiger partial charge >= 0.3 is 0 Å². The van der Waals surface area contributed by atoms with E-state index < -0.39 is 0 Å². The van der Waals surface area contributed by atoms with Crippen LogP contribution in [0.2, 0.25) is 0 Å². The lowest BCUT2D eigenvalue weighted by atomic mass is 9.88. The molecule has 1 aliphatic carbocycles. The highest BCUT2D eigenvalue weighted by Crippen LogP contribution is 2.31. The summed E-state index contributed by atoms with van der Waals surface area (Å²) in [4.78, 5) is 4.25. The summed E-state index contributed by atoms with van der Waals surface area (Å²) < 4.78 is 7.77. The molecule has 3 rings (SSSR count). The lowest BCUT2D eigenvalue weighted by Crippen LogP contribution is -2.17. The molecule has 0 saturated carbocycles. The number of rotatable bonds is 3. The van der Waals surface area contributed by atoms with Gasteiger partial charge in [-0.1, -0.05) is 6.07 Å². The monoisotopic (exact) mass is 257 g/mol. The van der Waals surface area contributed by atoms with Gasteiger partial charge in [0.2, 0.25) is 0 Å². The second kappa shape index (κ2) is 5.05. The zero-order valence-corrected chi connectivity index (χ0v) is 11.2. The summed E-state index contributed by atoms with van der Waals surface area (Å²) >= 11 is 0. The van der Waals surface area contributed by atoms with Crippen LogP contribution in [0.25, 0.3) is 0 Å². The highest BCUT2D eigenvalue weighted by atomic mass is 16.5. The number of fused-ring (bicyclic) bond motifs is 1. The molecule has 1 aromatic heterocycles. The predicted octanol–water partition coefficient (Wildman–Crippen LogP) is 2.34. The first-order valence-electron chi connectivity index (χ1n) is 6.71. The van der Waals surface area contributed by atoms with E-state index in [1.165, 1.54) is 17.5 Å². The zero-order valence-electron chi connectivity index (χ0n) is 11.2. The number of hydrogen-bond donors (Lipinski definition) is 1. The van der Waals surface area contributed by atoms with Crippen LogP contribution in [0.4, 0.5) is 0 Å². The van der Waals surface area contributed by atoms with Crippen molar-refractivity contribution in [3.63, 3.8) is 0 Å². The number of ether oxygens (including phenoxy) is 1. The minimum atomic E-state index is 0.153. The van der Waals surface area contributed by atoms with Gasteiger partial charge in [0.15, 0.2) is 0 Å². The minimum Gasteiger partial charge on any atom is -0.486 e. The summed E-state index contributed by atoms with van der Waals surface area (Å²) in [5.74, 6) is 1.79. The van der Waals surface area contributed by atoms with Crippen LogP contribution in [0, 0.1) is 0 Å². The van der Waals surface area contributed by atoms with Crippen LogP contribution in [0.3, 0.4) is 0 Å². The smallest absolute Gasteiger partial charge is 0.146 e. The fourth-order valence-electron chi connectivity index (χ4n) is 2.59. The molecule has 1 atom stereocenters. The molecule has 1 unspecified atom stereocenters. The third-order valence-corrected chi connectivity index (χ3v) is 3.77. The molecule has 19 heavy (non-hydrogen) atoms. The number of imidazole rings is 1. The molecule has 0 radical (unpaired) electrons. The van der Waals surface area contributed by atoms with Crippen LogP contribution >= 0.6 is 0 Å². The van der Waals surface area contributed by atoms with Gasteiger partial charge < -0.3 is 15.0 Å². The summed E-state index contributed by atoms with van der Waals surface area (Å²) in [7, 11) is 1.97. The van der Waals surface area contributed by atoms with Gasteiger partial charge in [-0.3, -0.25) is 0 Å². The molecule has 0 bridgehead atoms. The fourth-order valence-corrected chi connectivity index (χ4v) is 2.59. The maximum atomic E-state index is 6.16. The van der Waals surface area contributed by atoms with Gasteiger partial charge in [0.05, 0.1) is 0 Å². The molecule has 2 aromatic rings. The molecule has 0 fully saturated rings. The molecule has 0 spiro atoms. The third kappa shape index (κ3) is 2.49. The van der Waals surface area contributed by atoms with E-state index in [2.05, 4.69) is 17.1 Å². The van der Waals surface area contributed by atoms with E-state index in [1.54, 1.807) is 6.20 Å². The van der Waals surface area contributed by atoms with Crippen molar-refractivity contribution in [1.29, 1.82) is 0 Å². The Morgan fingerprint density at radius 2 is 2.37 bits per heavy atom. The van der Waals surface area contributed by atoms with E-state index in [0.29, 0.717) is 6.61 Å². The second-order valence-electron chi connectivity index (χ2n) is 5.10. The van der Waals surface area contributed by atoms with E-state index in [4.69, 9.17) is 10.5 Å². The van der Waals surface area contributed by atoms with Crippen LogP contribution in [0.1, 0.15) is 35.8 Å². The summed E-state index contributed by atoms with van der Waals surface area (Å²) in [5.41, 5.74) is 8.76. The van der Waals surface area contributed by atoms with Gasteiger partial charge in [0.25, 0.3) is 0 Å². The highest BCUT2D eigenvalue weighted by Gasteiger charge is 2.17. The summed E-state index contributed by atoms with van der Waals surface area (Å²) in [5, 5.41) is 0. The zero-order chi connectivity index (χ0) is 13.2. The first-order valence-corrected chi connectivity index (χ1v) is 6.71. The minimum absolute atomic E-state index is 0.153. The lowest BCUT2D eigenvalue weighted by Gasteiger charge is -2.22. The van der Waals surface area contributed by atoms with Gasteiger partial charge in [-0.25, -0.2) is 4.98 Å². The van der Waals surface area contributed by atoms with Gasteiger partial charge in [0.1, 0.15) is 18.2 Å². The summed E-state index contributed by atoms with van der Waals surface area (Å²) in [6, 6.07) is 6.41. The Balaban J connectivity index is 1.75.